The molecule has 0 bridgehead atoms. The molecule has 0 radical (unpaired) electrons. The zero-order valence-corrected chi connectivity index (χ0v) is 11.7. The number of aromatic nitrogens is 1. The maximum absolute atomic E-state index is 11.7. The third kappa shape index (κ3) is 4.42. The van der Waals surface area contributed by atoms with Crippen molar-refractivity contribution in [3.63, 3.8) is 0 Å². The van der Waals surface area contributed by atoms with Crippen LogP contribution in [0, 0.1) is 0 Å². The molecule has 0 aliphatic carbocycles. The molecule has 1 aromatic heterocycles. The number of benzene rings is 1. The fourth-order valence-electron chi connectivity index (χ4n) is 1.84. The molecule has 108 valence electrons. The van der Waals surface area contributed by atoms with Crippen LogP contribution in [0.2, 0.25) is 0 Å². The van der Waals surface area contributed by atoms with E-state index in [1.165, 1.54) is 7.11 Å². The minimum absolute atomic E-state index is 0.0636. The number of pyridine rings is 1. The Hall–Kier alpha value is -2.69. The number of carbonyl (C=O) groups excluding carboxylic acids is 2. The molecule has 5 nitrogen and oxygen atoms in total. The standard InChI is InChI=1S/C16H16N2O3/c1-21-16(20)8-7-15(19)18-14-9-13(10-17-11-14)12-5-3-2-4-6-12/h2-6,9-11H,7-8H2,1H3,(H,18,19). The lowest BCUT2D eigenvalue weighted by atomic mass is 10.1. The molecule has 2 rings (SSSR count). The molecule has 0 aliphatic heterocycles. The number of carbonyl (C=O) groups is 2. The van der Waals surface area contributed by atoms with Crippen molar-refractivity contribution in [3.05, 3.63) is 48.8 Å². The van der Waals surface area contributed by atoms with E-state index < -0.39 is 5.97 Å². The van der Waals surface area contributed by atoms with Crippen LogP contribution in [0.25, 0.3) is 11.1 Å². The lowest BCUT2D eigenvalue weighted by Crippen LogP contribution is -2.14. The third-order valence-corrected chi connectivity index (χ3v) is 2.91. The van der Waals surface area contributed by atoms with E-state index in [1.807, 2.05) is 36.4 Å². The first-order valence-electron chi connectivity index (χ1n) is 6.56. The van der Waals surface area contributed by atoms with Gasteiger partial charge in [0, 0.05) is 18.2 Å². The van der Waals surface area contributed by atoms with Gasteiger partial charge in [0.1, 0.15) is 0 Å². The number of nitrogens with zero attached hydrogens (tertiary/aromatic N) is 1. The molecule has 0 fully saturated rings. The number of rotatable bonds is 5. The van der Waals surface area contributed by atoms with Gasteiger partial charge in [0.2, 0.25) is 5.91 Å². The predicted octanol–water partition coefficient (Wildman–Crippen LogP) is 2.64. The molecular weight excluding hydrogens is 268 g/mol. The Morgan fingerprint density at radius 3 is 2.57 bits per heavy atom. The summed E-state index contributed by atoms with van der Waals surface area (Å²) in [6.07, 6.45) is 3.46. The Morgan fingerprint density at radius 2 is 1.86 bits per heavy atom. The van der Waals surface area contributed by atoms with E-state index in [4.69, 9.17) is 0 Å². The van der Waals surface area contributed by atoms with Gasteiger partial charge in [-0.25, -0.2) is 0 Å². The van der Waals surface area contributed by atoms with Crippen LogP contribution in [0.4, 0.5) is 5.69 Å². The number of nitrogens with one attached hydrogen (secondary N) is 1. The van der Waals surface area contributed by atoms with Crippen molar-refractivity contribution < 1.29 is 14.3 Å². The molecule has 1 heterocycles. The summed E-state index contributed by atoms with van der Waals surface area (Å²) in [5.41, 5.74) is 2.54. The van der Waals surface area contributed by atoms with Gasteiger partial charge in [-0.15, -0.1) is 0 Å². The van der Waals surface area contributed by atoms with E-state index >= 15 is 0 Å². The van der Waals surface area contributed by atoms with Gasteiger partial charge in [-0.2, -0.15) is 0 Å². The number of hydrogen-bond donors (Lipinski definition) is 1. The second kappa shape index (κ2) is 7.19. The van der Waals surface area contributed by atoms with E-state index in [1.54, 1.807) is 12.4 Å². The molecule has 0 saturated heterocycles. The van der Waals surface area contributed by atoms with Crippen LogP contribution in [0.15, 0.2) is 48.8 Å². The maximum atomic E-state index is 11.7. The lowest BCUT2D eigenvalue weighted by molar-refractivity contribution is -0.141. The maximum Gasteiger partial charge on any atom is 0.306 e. The largest absolute Gasteiger partial charge is 0.469 e. The highest BCUT2D eigenvalue weighted by Gasteiger charge is 2.08. The van der Waals surface area contributed by atoms with Crippen LogP contribution in [-0.2, 0) is 14.3 Å². The number of hydrogen-bond acceptors (Lipinski definition) is 4. The normalized spacial score (nSPS) is 9.95. The summed E-state index contributed by atoms with van der Waals surface area (Å²) < 4.78 is 4.50. The number of methoxy groups -OCH3 is 1. The highest BCUT2D eigenvalue weighted by molar-refractivity contribution is 5.93. The first-order valence-corrected chi connectivity index (χ1v) is 6.56. The fraction of sp³-hybridized carbons (Fsp3) is 0.188. The zero-order chi connectivity index (χ0) is 15.1. The van der Waals surface area contributed by atoms with Gasteiger partial charge < -0.3 is 10.1 Å². The van der Waals surface area contributed by atoms with Gasteiger partial charge in [-0.05, 0) is 11.6 Å². The fourth-order valence-corrected chi connectivity index (χ4v) is 1.84. The molecule has 5 heteroatoms. The van der Waals surface area contributed by atoms with Gasteiger partial charge in [-0.3, -0.25) is 14.6 Å². The average molecular weight is 284 g/mol. The van der Waals surface area contributed by atoms with Crippen LogP contribution in [0.1, 0.15) is 12.8 Å². The first-order chi connectivity index (χ1) is 10.2. The Kier molecular flexibility index (Phi) is 5.04. The Morgan fingerprint density at radius 1 is 1.10 bits per heavy atom. The Labute approximate surface area is 123 Å². The number of anilines is 1. The van der Waals surface area contributed by atoms with Crippen LogP contribution < -0.4 is 5.32 Å². The van der Waals surface area contributed by atoms with E-state index in [0.29, 0.717) is 5.69 Å². The molecule has 0 atom stereocenters. The lowest BCUT2D eigenvalue weighted by Gasteiger charge is -2.07. The SMILES string of the molecule is COC(=O)CCC(=O)Nc1cncc(-c2ccccc2)c1. The predicted molar refractivity (Wildman–Crippen MR) is 79.6 cm³/mol. The van der Waals surface area contributed by atoms with Crippen LogP contribution in [-0.4, -0.2) is 24.0 Å². The summed E-state index contributed by atoms with van der Waals surface area (Å²) in [4.78, 5) is 26.8. The van der Waals surface area contributed by atoms with Crippen molar-refractivity contribution in [3.8, 4) is 11.1 Å². The van der Waals surface area contributed by atoms with Crippen LogP contribution in [0.5, 0.6) is 0 Å². The zero-order valence-electron chi connectivity index (χ0n) is 11.7. The molecular formula is C16H16N2O3. The van der Waals surface area contributed by atoms with Gasteiger partial charge in [0.05, 0.1) is 25.4 Å². The monoisotopic (exact) mass is 284 g/mol. The van der Waals surface area contributed by atoms with Crippen molar-refractivity contribution in [1.29, 1.82) is 0 Å². The number of ether oxygens (including phenoxy) is 1. The molecule has 1 amide bonds. The van der Waals surface area contributed by atoms with E-state index in [-0.39, 0.29) is 18.7 Å². The summed E-state index contributed by atoms with van der Waals surface area (Å²) in [6, 6.07) is 11.6. The second-order valence-corrected chi connectivity index (χ2v) is 4.45. The molecule has 21 heavy (non-hydrogen) atoms. The molecule has 0 saturated carbocycles. The first kappa shape index (κ1) is 14.7. The molecule has 0 aliphatic rings. The van der Waals surface area contributed by atoms with Crippen molar-refractivity contribution in [2.75, 3.05) is 12.4 Å². The van der Waals surface area contributed by atoms with Crippen molar-refractivity contribution in [2.24, 2.45) is 0 Å². The minimum atomic E-state index is -0.402. The molecule has 1 aromatic carbocycles. The van der Waals surface area contributed by atoms with E-state index in [0.717, 1.165) is 11.1 Å². The van der Waals surface area contributed by atoms with Gasteiger partial charge in [-0.1, -0.05) is 30.3 Å². The molecule has 0 spiro atoms. The van der Waals surface area contributed by atoms with Crippen molar-refractivity contribution in [1.82, 2.24) is 4.98 Å². The van der Waals surface area contributed by atoms with E-state index in [2.05, 4.69) is 15.0 Å². The quantitative estimate of drug-likeness (QED) is 0.857. The van der Waals surface area contributed by atoms with E-state index in [9.17, 15) is 9.59 Å². The minimum Gasteiger partial charge on any atom is -0.469 e. The highest BCUT2D eigenvalue weighted by atomic mass is 16.5. The van der Waals surface area contributed by atoms with Crippen molar-refractivity contribution >= 4 is 17.6 Å². The smallest absolute Gasteiger partial charge is 0.306 e. The number of amides is 1. The van der Waals surface area contributed by atoms with Gasteiger partial charge in [0.15, 0.2) is 0 Å². The second-order valence-electron chi connectivity index (χ2n) is 4.45. The van der Waals surface area contributed by atoms with Crippen molar-refractivity contribution in [2.45, 2.75) is 12.8 Å². The summed E-state index contributed by atoms with van der Waals surface area (Å²) in [7, 11) is 1.30. The van der Waals surface area contributed by atoms with Gasteiger partial charge in [0.25, 0.3) is 0 Å². The topological polar surface area (TPSA) is 68.3 Å². The highest BCUT2D eigenvalue weighted by Crippen LogP contribution is 2.21. The van der Waals surface area contributed by atoms with Crippen LogP contribution in [0.3, 0.4) is 0 Å². The Balaban J connectivity index is 2.01. The average Bonchev–Trinajstić information content (AvgIpc) is 2.53. The van der Waals surface area contributed by atoms with Gasteiger partial charge >= 0.3 is 5.97 Å². The summed E-state index contributed by atoms with van der Waals surface area (Å²) in [6.45, 7) is 0. The van der Waals surface area contributed by atoms with Crippen LogP contribution >= 0.6 is 0 Å². The Bertz CT molecular complexity index is 626. The summed E-state index contributed by atoms with van der Waals surface area (Å²) >= 11 is 0. The third-order valence-electron chi connectivity index (χ3n) is 2.91. The summed E-state index contributed by atoms with van der Waals surface area (Å²) in [5.74, 6) is -0.645. The molecule has 0 unspecified atom stereocenters. The molecule has 1 N–H and O–H groups in total. The molecule has 2 aromatic rings. The summed E-state index contributed by atoms with van der Waals surface area (Å²) in [5, 5.41) is 2.72. The number of esters is 1.